The van der Waals surface area contributed by atoms with E-state index in [1.54, 1.807) is 33.4 Å². The summed E-state index contributed by atoms with van der Waals surface area (Å²) in [5.74, 6) is 0.661. The second-order valence-electron chi connectivity index (χ2n) is 8.95. The molecule has 180 valence electrons. The minimum Gasteiger partial charge on any atom is -0.496 e. The summed E-state index contributed by atoms with van der Waals surface area (Å²) in [5.41, 5.74) is 4.53. The van der Waals surface area contributed by atoms with Crippen LogP contribution in [0.1, 0.15) is 19.3 Å². The van der Waals surface area contributed by atoms with E-state index in [-0.39, 0.29) is 11.8 Å². The molecule has 10 heteroatoms. The zero-order chi connectivity index (χ0) is 24.1. The van der Waals surface area contributed by atoms with Gasteiger partial charge in [-0.15, -0.1) is 0 Å². The molecular formula is C25H26N6O4. The maximum atomic E-state index is 13.4. The molecule has 35 heavy (non-hydrogen) atoms. The second kappa shape index (κ2) is 8.38. The van der Waals surface area contributed by atoms with Crippen LogP contribution in [-0.4, -0.2) is 48.9 Å². The van der Waals surface area contributed by atoms with Gasteiger partial charge in [-0.05, 0) is 25.3 Å². The molecule has 10 nitrogen and oxygen atoms in total. The van der Waals surface area contributed by atoms with E-state index in [1.807, 2.05) is 38.6 Å². The fraction of sp³-hybridized carbons (Fsp3) is 0.360. The molecule has 5 aromatic rings. The maximum Gasteiger partial charge on any atom is 0.348 e. The van der Waals surface area contributed by atoms with E-state index in [9.17, 15) is 4.79 Å². The third-order valence-electron chi connectivity index (χ3n) is 6.60. The highest BCUT2D eigenvalue weighted by Crippen LogP contribution is 2.40. The van der Waals surface area contributed by atoms with Crippen molar-refractivity contribution in [2.24, 2.45) is 14.1 Å². The summed E-state index contributed by atoms with van der Waals surface area (Å²) < 4.78 is 23.0. The fourth-order valence-corrected chi connectivity index (χ4v) is 4.89. The van der Waals surface area contributed by atoms with Gasteiger partial charge in [-0.2, -0.15) is 15.2 Å². The number of aryl methyl sites for hydroxylation is 3. The van der Waals surface area contributed by atoms with Crippen molar-refractivity contribution in [3.8, 4) is 28.1 Å². The van der Waals surface area contributed by atoms with Crippen LogP contribution in [0.5, 0.6) is 5.75 Å². The van der Waals surface area contributed by atoms with Gasteiger partial charge in [0.05, 0.1) is 25.6 Å². The lowest BCUT2D eigenvalue weighted by Gasteiger charge is -2.12. The molecule has 4 aromatic heterocycles. The first-order valence-corrected chi connectivity index (χ1v) is 11.7. The van der Waals surface area contributed by atoms with E-state index in [4.69, 9.17) is 13.9 Å². The Morgan fingerprint density at radius 1 is 1.11 bits per heavy atom. The number of methoxy groups -OCH3 is 1. The summed E-state index contributed by atoms with van der Waals surface area (Å²) in [6.07, 6.45) is 10.2. The Labute approximate surface area is 200 Å². The topological polar surface area (TPSA) is 102 Å². The number of hydrogen-bond donors (Lipinski definition) is 0. The van der Waals surface area contributed by atoms with Crippen LogP contribution in [0.15, 0.2) is 46.1 Å². The third kappa shape index (κ3) is 3.70. The predicted molar refractivity (Wildman–Crippen MR) is 130 cm³/mol. The van der Waals surface area contributed by atoms with Gasteiger partial charge in [-0.1, -0.05) is 0 Å². The summed E-state index contributed by atoms with van der Waals surface area (Å²) in [7, 11) is 5.33. The van der Waals surface area contributed by atoms with Crippen molar-refractivity contribution in [3.63, 3.8) is 0 Å². The molecule has 1 aromatic carbocycles. The van der Waals surface area contributed by atoms with Crippen molar-refractivity contribution in [1.29, 1.82) is 0 Å². The van der Waals surface area contributed by atoms with Crippen molar-refractivity contribution in [2.75, 3.05) is 13.7 Å². The van der Waals surface area contributed by atoms with E-state index in [0.717, 1.165) is 47.9 Å². The number of hydrogen-bond acceptors (Lipinski definition) is 7. The van der Waals surface area contributed by atoms with Crippen LogP contribution in [0.4, 0.5) is 0 Å². The first-order valence-electron chi connectivity index (χ1n) is 11.7. The van der Waals surface area contributed by atoms with Crippen molar-refractivity contribution < 1.29 is 13.9 Å². The number of nitrogens with zero attached hydrogens (tertiary/aromatic N) is 6. The molecule has 0 spiro atoms. The summed E-state index contributed by atoms with van der Waals surface area (Å²) in [4.78, 5) is 17.8. The molecule has 0 N–H and O–H groups in total. The van der Waals surface area contributed by atoms with E-state index in [2.05, 4.69) is 15.2 Å². The Bertz CT molecular complexity index is 1600. The molecule has 0 saturated carbocycles. The van der Waals surface area contributed by atoms with Gasteiger partial charge in [-0.3, -0.25) is 13.9 Å². The van der Waals surface area contributed by atoms with Crippen LogP contribution in [0.25, 0.3) is 44.5 Å². The minimum atomic E-state index is -0.323. The van der Waals surface area contributed by atoms with Crippen molar-refractivity contribution in [1.82, 2.24) is 29.1 Å². The SMILES string of the molecule is COc1cc2oc3c(-c4cnn(C)c4)nc(=O)n(CC[C@@H]4CCCO4)c3c2cc1-c1cnn(C)c1. The zero-order valence-corrected chi connectivity index (χ0v) is 19.9. The average Bonchev–Trinajstić information content (AvgIpc) is 3.64. The van der Waals surface area contributed by atoms with Gasteiger partial charge in [-0.25, -0.2) is 4.79 Å². The number of furan rings is 1. The van der Waals surface area contributed by atoms with Gasteiger partial charge in [0.1, 0.15) is 22.5 Å². The monoisotopic (exact) mass is 474 g/mol. The first kappa shape index (κ1) is 21.6. The Kier molecular flexibility index (Phi) is 5.18. The molecule has 0 bridgehead atoms. The molecule has 0 aliphatic carbocycles. The van der Waals surface area contributed by atoms with Gasteiger partial charge < -0.3 is 13.9 Å². The molecule has 1 aliphatic heterocycles. The molecule has 0 unspecified atom stereocenters. The lowest BCUT2D eigenvalue weighted by molar-refractivity contribution is 0.100. The number of rotatable bonds is 6. The molecule has 5 heterocycles. The Hall–Kier alpha value is -3.92. The summed E-state index contributed by atoms with van der Waals surface area (Å²) in [6, 6.07) is 3.87. The Morgan fingerprint density at radius 3 is 2.54 bits per heavy atom. The molecule has 0 radical (unpaired) electrons. The lowest BCUT2D eigenvalue weighted by Crippen LogP contribution is -2.25. The van der Waals surface area contributed by atoms with Gasteiger partial charge in [0.15, 0.2) is 5.58 Å². The van der Waals surface area contributed by atoms with E-state index < -0.39 is 0 Å². The average molecular weight is 475 g/mol. The van der Waals surface area contributed by atoms with Gasteiger partial charge in [0.2, 0.25) is 0 Å². The molecule has 1 fully saturated rings. The molecule has 1 atom stereocenters. The van der Waals surface area contributed by atoms with E-state index in [0.29, 0.717) is 34.7 Å². The normalized spacial score (nSPS) is 16.0. The molecule has 1 aliphatic rings. The molecule has 1 saturated heterocycles. The van der Waals surface area contributed by atoms with Crippen LogP contribution >= 0.6 is 0 Å². The van der Waals surface area contributed by atoms with Crippen LogP contribution < -0.4 is 10.4 Å². The minimum absolute atomic E-state index is 0.152. The highest BCUT2D eigenvalue weighted by atomic mass is 16.5. The summed E-state index contributed by atoms with van der Waals surface area (Å²) >= 11 is 0. The number of ether oxygens (including phenoxy) is 2. The highest BCUT2D eigenvalue weighted by Gasteiger charge is 2.24. The first-order chi connectivity index (χ1) is 17.0. The smallest absolute Gasteiger partial charge is 0.348 e. The van der Waals surface area contributed by atoms with Crippen LogP contribution in [0.3, 0.4) is 0 Å². The highest BCUT2D eigenvalue weighted by molar-refractivity contribution is 6.08. The quantitative estimate of drug-likeness (QED) is 0.371. The van der Waals surface area contributed by atoms with Crippen molar-refractivity contribution >= 4 is 22.1 Å². The van der Waals surface area contributed by atoms with Gasteiger partial charge in [0.25, 0.3) is 0 Å². The Morgan fingerprint density at radius 2 is 1.89 bits per heavy atom. The van der Waals surface area contributed by atoms with Crippen LogP contribution in [0.2, 0.25) is 0 Å². The largest absolute Gasteiger partial charge is 0.496 e. The summed E-state index contributed by atoms with van der Waals surface area (Å²) in [6.45, 7) is 1.26. The predicted octanol–water partition coefficient (Wildman–Crippen LogP) is 3.52. The van der Waals surface area contributed by atoms with Crippen LogP contribution in [-0.2, 0) is 25.4 Å². The molecule has 6 rings (SSSR count). The molecular weight excluding hydrogens is 448 g/mol. The van der Waals surface area contributed by atoms with Crippen molar-refractivity contribution in [2.45, 2.75) is 31.9 Å². The Balaban J connectivity index is 1.62. The standard InChI is InChI=1S/C25H26N6O4/c1-29-13-15(11-26-29)18-9-19-21(10-20(18)33-3)35-24-22(16-12-27-30(2)14-16)28-25(32)31(23(19)24)7-6-17-5-4-8-34-17/h9-14,17H,4-8H2,1-3H3/t17-/m0/s1. The van der Waals surface area contributed by atoms with Crippen molar-refractivity contribution in [3.05, 3.63) is 47.4 Å². The van der Waals surface area contributed by atoms with E-state index >= 15 is 0 Å². The van der Waals surface area contributed by atoms with Crippen LogP contribution in [0, 0.1) is 0 Å². The van der Waals surface area contributed by atoms with Gasteiger partial charge in [0, 0.05) is 67.8 Å². The number of aromatic nitrogens is 6. The third-order valence-corrected chi connectivity index (χ3v) is 6.60. The summed E-state index contributed by atoms with van der Waals surface area (Å²) in [5, 5.41) is 9.38. The van der Waals surface area contributed by atoms with E-state index in [1.165, 1.54) is 0 Å². The molecule has 0 amide bonds. The number of benzene rings is 1. The number of fused-ring (bicyclic) bond motifs is 3. The van der Waals surface area contributed by atoms with Gasteiger partial charge >= 0.3 is 5.69 Å². The second-order valence-corrected chi connectivity index (χ2v) is 8.95. The fourth-order valence-electron chi connectivity index (χ4n) is 4.89. The lowest BCUT2D eigenvalue weighted by atomic mass is 10.0. The maximum absolute atomic E-state index is 13.4. The zero-order valence-electron chi connectivity index (χ0n) is 19.9.